The van der Waals surface area contributed by atoms with Crippen molar-refractivity contribution in [2.24, 2.45) is 0 Å². The molecule has 0 bridgehead atoms. The van der Waals surface area contributed by atoms with Gasteiger partial charge < -0.3 is 9.84 Å². The molecular weight excluding hydrogens is 350 g/mol. The third-order valence-corrected chi connectivity index (χ3v) is 5.41. The molecule has 0 saturated carbocycles. The highest BCUT2D eigenvalue weighted by Crippen LogP contribution is 2.25. The van der Waals surface area contributed by atoms with Gasteiger partial charge in [-0.3, -0.25) is 9.69 Å². The summed E-state index contributed by atoms with van der Waals surface area (Å²) in [5.74, 6) is -0.148. The summed E-state index contributed by atoms with van der Waals surface area (Å²) in [6, 6.07) is 0.343. The largest absolute Gasteiger partial charge is 0.469 e. The maximum Gasteiger partial charge on any atom is 0.305 e. The average Bonchev–Trinajstić information content (AvgIpc) is 2.98. The molecule has 1 aliphatic rings. The lowest BCUT2D eigenvalue weighted by atomic mass is 10.1. The zero-order valence-corrected chi connectivity index (χ0v) is 17.2. The Kier molecular flexibility index (Phi) is 12.7. The number of likely N-dealkylation sites (tertiary alicyclic amines) is 1. The van der Waals surface area contributed by atoms with Gasteiger partial charge in [0.25, 0.3) is 0 Å². The SMILES string of the molecule is CCCCCC(O)/C=C/CN1CC[C@@H](Cl)C1C/C=C\CCCC(=O)OC. The Bertz CT molecular complexity index is 439. The molecule has 4 nitrogen and oxygen atoms in total. The van der Waals surface area contributed by atoms with Crippen LogP contribution < -0.4 is 0 Å². The number of allylic oxidation sites excluding steroid dienone is 1. The van der Waals surface area contributed by atoms with Crippen LogP contribution in [0.4, 0.5) is 0 Å². The number of nitrogens with zero attached hydrogens (tertiary/aromatic N) is 1. The van der Waals surface area contributed by atoms with Crippen molar-refractivity contribution in [2.45, 2.75) is 82.2 Å². The third-order valence-electron chi connectivity index (χ3n) is 4.90. The van der Waals surface area contributed by atoms with Gasteiger partial charge in [0, 0.05) is 25.6 Å². The minimum absolute atomic E-state index is 0.148. The number of methoxy groups -OCH3 is 1. The molecule has 0 spiro atoms. The molecule has 1 fully saturated rings. The van der Waals surface area contributed by atoms with Crippen LogP contribution >= 0.6 is 11.6 Å². The van der Waals surface area contributed by atoms with E-state index >= 15 is 0 Å². The van der Waals surface area contributed by atoms with Crippen molar-refractivity contribution >= 4 is 17.6 Å². The van der Waals surface area contributed by atoms with Crippen molar-refractivity contribution in [3.05, 3.63) is 24.3 Å². The molecular formula is C21H36ClNO3. The summed E-state index contributed by atoms with van der Waals surface area (Å²) in [4.78, 5) is 13.5. The second-order valence-corrected chi connectivity index (χ2v) is 7.59. The van der Waals surface area contributed by atoms with Gasteiger partial charge in [0.2, 0.25) is 0 Å². The van der Waals surface area contributed by atoms with Crippen LogP contribution in [0.5, 0.6) is 0 Å². The van der Waals surface area contributed by atoms with E-state index < -0.39 is 0 Å². The van der Waals surface area contributed by atoms with Gasteiger partial charge in [0.1, 0.15) is 0 Å². The minimum Gasteiger partial charge on any atom is -0.469 e. The number of rotatable bonds is 13. The lowest BCUT2D eigenvalue weighted by Gasteiger charge is -2.23. The monoisotopic (exact) mass is 385 g/mol. The quantitative estimate of drug-likeness (QED) is 0.220. The van der Waals surface area contributed by atoms with Crippen molar-refractivity contribution in [3.63, 3.8) is 0 Å². The number of alkyl halides is 1. The highest BCUT2D eigenvalue weighted by Gasteiger charge is 2.30. The first kappa shape index (κ1) is 23.2. The van der Waals surface area contributed by atoms with Crippen LogP contribution in [-0.4, -0.2) is 53.7 Å². The van der Waals surface area contributed by atoms with E-state index in [1.165, 1.54) is 20.0 Å². The van der Waals surface area contributed by atoms with E-state index in [9.17, 15) is 9.90 Å². The van der Waals surface area contributed by atoms with Gasteiger partial charge in [-0.25, -0.2) is 0 Å². The van der Waals surface area contributed by atoms with Crippen molar-refractivity contribution in [1.29, 1.82) is 0 Å². The number of unbranched alkanes of at least 4 members (excludes halogenated alkanes) is 3. The molecule has 1 rings (SSSR count). The number of aliphatic hydroxyl groups is 1. The number of halogens is 1. The molecule has 0 aliphatic carbocycles. The van der Waals surface area contributed by atoms with Gasteiger partial charge in [-0.1, -0.05) is 50.5 Å². The number of hydrogen-bond acceptors (Lipinski definition) is 4. The van der Waals surface area contributed by atoms with E-state index in [0.717, 1.165) is 51.6 Å². The highest BCUT2D eigenvalue weighted by molar-refractivity contribution is 6.21. The predicted octanol–water partition coefficient (Wildman–Crippen LogP) is 4.46. The van der Waals surface area contributed by atoms with E-state index in [1.54, 1.807) is 0 Å². The second kappa shape index (κ2) is 14.2. The zero-order chi connectivity index (χ0) is 19.2. The Morgan fingerprint density at radius 2 is 2.12 bits per heavy atom. The molecule has 1 N–H and O–H groups in total. The number of carbonyl (C=O) groups excluding carboxylic acids is 1. The van der Waals surface area contributed by atoms with Crippen LogP contribution in [0.15, 0.2) is 24.3 Å². The summed E-state index contributed by atoms with van der Waals surface area (Å²) in [6.07, 6.45) is 16.4. The van der Waals surface area contributed by atoms with E-state index in [4.69, 9.17) is 11.6 Å². The van der Waals surface area contributed by atoms with E-state index in [2.05, 4.69) is 34.8 Å². The predicted molar refractivity (Wildman–Crippen MR) is 109 cm³/mol. The molecule has 1 aliphatic heterocycles. The Labute approximate surface area is 164 Å². The first-order chi connectivity index (χ1) is 12.6. The molecule has 0 aromatic rings. The topological polar surface area (TPSA) is 49.8 Å². The van der Waals surface area contributed by atoms with Gasteiger partial charge in [-0.05, 0) is 32.1 Å². The van der Waals surface area contributed by atoms with Crippen molar-refractivity contribution in [2.75, 3.05) is 20.2 Å². The number of hydrogen-bond donors (Lipinski definition) is 1. The fourth-order valence-electron chi connectivity index (χ4n) is 3.27. The Morgan fingerprint density at radius 3 is 2.85 bits per heavy atom. The molecule has 0 radical (unpaired) electrons. The molecule has 150 valence electrons. The summed E-state index contributed by atoms with van der Waals surface area (Å²) in [6.45, 7) is 4.02. The highest BCUT2D eigenvalue weighted by atomic mass is 35.5. The standard InChI is InChI=1S/C21H36ClNO3/c1-3-4-7-11-18(24)12-10-16-23-17-15-19(22)20(23)13-8-5-6-9-14-21(25)26-2/h5,8,10,12,18-20,24H,3-4,6-7,9,11,13-17H2,1-2H3/b8-5-,12-10+/t18?,19-,20?/m1/s1. The maximum absolute atomic E-state index is 11.1. The van der Waals surface area contributed by atoms with Gasteiger partial charge in [-0.2, -0.15) is 0 Å². The van der Waals surface area contributed by atoms with Gasteiger partial charge in [0.05, 0.1) is 18.6 Å². The smallest absolute Gasteiger partial charge is 0.305 e. The van der Waals surface area contributed by atoms with Gasteiger partial charge in [0.15, 0.2) is 0 Å². The number of ether oxygens (including phenoxy) is 1. The van der Waals surface area contributed by atoms with Crippen LogP contribution in [0.25, 0.3) is 0 Å². The second-order valence-electron chi connectivity index (χ2n) is 7.03. The zero-order valence-electron chi connectivity index (χ0n) is 16.4. The summed E-state index contributed by atoms with van der Waals surface area (Å²) < 4.78 is 4.64. The Balaban J connectivity index is 2.29. The summed E-state index contributed by atoms with van der Waals surface area (Å²) in [5.41, 5.74) is 0. The lowest BCUT2D eigenvalue weighted by molar-refractivity contribution is -0.140. The summed E-state index contributed by atoms with van der Waals surface area (Å²) in [5, 5.41) is 10.2. The first-order valence-electron chi connectivity index (χ1n) is 10.0. The molecule has 0 aromatic carbocycles. The van der Waals surface area contributed by atoms with E-state index in [1.807, 2.05) is 6.08 Å². The molecule has 0 aromatic heterocycles. The van der Waals surface area contributed by atoms with Gasteiger partial charge >= 0.3 is 5.97 Å². The van der Waals surface area contributed by atoms with Crippen LogP contribution in [-0.2, 0) is 9.53 Å². The Morgan fingerprint density at radius 1 is 1.31 bits per heavy atom. The molecule has 1 saturated heterocycles. The third kappa shape index (κ3) is 9.75. The summed E-state index contributed by atoms with van der Waals surface area (Å²) >= 11 is 6.49. The Hall–Kier alpha value is -0.840. The van der Waals surface area contributed by atoms with Crippen molar-refractivity contribution in [3.8, 4) is 0 Å². The fourth-order valence-corrected chi connectivity index (χ4v) is 3.63. The molecule has 0 amide bonds. The molecule has 3 atom stereocenters. The van der Waals surface area contributed by atoms with Crippen molar-refractivity contribution < 1.29 is 14.6 Å². The molecule has 2 unspecified atom stereocenters. The number of carbonyl (C=O) groups is 1. The van der Waals surface area contributed by atoms with Gasteiger partial charge in [-0.15, -0.1) is 11.6 Å². The molecule has 26 heavy (non-hydrogen) atoms. The lowest BCUT2D eigenvalue weighted by Crippen LogP contribution is -2.33. The fraction of sp³-hybridized carbons (Fsp3) is 0.762. The molecule has 5 heteroatoms. The molecule has 1 heterocycles. The minimum atomic E-state index is -0.330. The maximum atomic E-state index is 11.1. The first-order valence-corrected chi connectivity index (χ1v) is 10.5. The van der Waals surface area contributed by atoms with Crippen LogP contribution in [0.2, 0.25) is 0 Å². The van der Waals surface area contributed by atoms with Crippen LogP contribution in [0.1, 0.15) is 64.7 Å². The normalized spacial score (nSPS) is 22.5. The number of aliphatic hydroxyl groups excluding tert-OH is 1. The van der Waals surface area contributed by atoms with E-state index in [0.29, 0.717) is 12.5 Å². The average molecular weight is 386 g/mol. The van der Waals surface area contributed by atoms with Crippen molar-refractivity contribution in [1.82, 2.24) is 4.90 Å². The van der Waals surface area contributed by atoms with E-state index in [-0.39, 0.29) is 17.5 Å². The van der Waals surface area contributed by atoms with Crippen LogP contribution in [0.3, 0.4) is 0 Å². The van der Waals surface area contributed by atoms with Crippen LogP contribution in [0, 0.1) is 0 Å². The number of esters is 1. The summed E-state index contributed by atoms with van der Waals surface area (Å²) in [7, 11) is 1.42.